The fourth-order valence-corrected chi connectivity index (χ4v) is 3.66. The Balaban J connectivity index is 1.65. The molecule has 0 bridgehead atoms. The minimum absolute atomic E-state index is 0.0436. The number of halogens is 1. The van der Waals surface area contributed by atoms with Crippen LogP contribution in [0.5, 0.6) is 0 Å². The van der Waals surface area contributed by atoms with Crippen LogP contribution in [0, 0.1) is 0 Å². The topological polar surface area (TPSA) is 58.5 Å². The van der Waals surface area contributed by atoms with Crippen LogP contribution in [0.25, 0.3) is 0 Å². The van der Waals surface area contributed by atoms with Gasteiger partial charge in [-0.2, -0.15) is 0 Å². The van der Waals surface area contributed by atoms with E-state index in [1.54, 1.807) is 0 Å². The number of nitrogens with zero attached hydrogens (tertiary/aromatic N) is 2. The van der Waals surface area contributed by atoms with Crippen molar-refractivity contribution >= 4 is 17.6 Å². The zero-order valence-corrected chi connectivity index (χ0v) is 17.2. The lowest BCUT2D eigenvalue weighted by Gasteiger charge is -2.36. The molecule has 28 heavy (non-hydrogen) atoms. The van der Waals surface area contributed by atoms with Crippen LogP contribution in [0.2, 0.25) is 5.15 Å². The average Bonchev–Trinajstić information content (AvgIpc) is 2.75. The third-order valence-corrected chi connectivity index (χ3v) is 5.44. The molecule has 0 saturated carbocycles. The van der Waals surface area contributed by atoms with Gasteiger partial charge in [0.1, 0.15) is 5.15 Å². The average molecular weight is 401 g/mol. The van der Waals surface area contributed by atoms with Crippen LogP contribution < -0.4 is 10.6 Å². The maximum Gasteiger partial charge on any atom is 0.191 e. The summed E-state index contributed by atoms with van der Waals surface area (Å²) in [6, 6.07) is 14.6. The van der Waals surface area contributed by atoms with Crippen molar-refractivity contribution in [3.63, 3.8) is 0 Å². The monoisotopic (exact) mass is 400 g/mol. The summed E-state index contributed by atoms with van der Waals surface area (Å²) in [5.41, 5.74) is 2.55. The minimum atomic E-state index is 0.0436. The molecule has 0 aliphatic carbocycles. The van der Waals surface area contributed by atoms with E-state index < -0.39 is 0 Å². The quantitative estimate of drug-likeness (QED) is 0.423. The molecule has 1 saturated heterocycles. The molecule has 0 amide bonds. The second-order valence-electron chi connectivity index (χ2n) is 7.12. The zero-order chi connectivity index (χ0) is 19.7. The number of ether oxygens (including phenoxy) is 1. The van der Waals surface area contributed by atoms with Crippen molar-refractivity contribution in [1.82, 2.24) is 15.6 Å². The standard InChI is InChI=1S/C22H29ClN4O/c1-2-24-21(25-13-10-18-8-9-20(23)26-16-18)27-17-22(11-14-28-15-12-22)19-6-4-3-5-7-19/h3-9,16H,2,10-15,17H2,1H3,(H2,24,25,27). The van der Waals surface area contributed by atoms with Crippen LogP contribution >= 0.6 is 11.6 Å². The summed E-state index contributed by atoms with van der Waals surface area (Å²) in [5, 5.41) is 7.32. The number of aromatic nitrogens is 1. The molecule has 1 aliphatic rings. The summed E-state index contributed by atoms with van der Waals surface area (Å²) in [6.07, 6.45) is 4.68. The van der Waals surface area contributed by atoms with E-state index in [4.69, 9.17) is 21.3 Å². The van der Waals surface area contributed by atoms with Gasteiger partial charge in [0.2, 0.25) is 0 Å². The van der Waals surface area contributed by atoms with E-state index in [2.05, 4.69) is 52.9 Å². The summed E-state index contributed by atoms with van der Waals surface area (Å²) in [5.74, 6) is 0.853. The summed E-state index contributed by atoms with van der Waals surface area (Å²) >= 11 is 5.85. The van der Waals surface area contributed by atoms with Crippen molar-refractivity contribution in [2.75, 3.05) is 32.8 Å². The van der Waals surface area contributed by atoms with Gasteiger partial charge in [-0.05, 0) is 43.4 Å². The fourth-order valence-electron chi connectivity index (χ4n) is 3.54. The maximum atomic E-state index is 5.85. The lowest BCUT2D eigenvalue weighted by molar-refractivity contribution is 0.0531. The highest BCUT2D eigenvalue weighted by atomic mass is 35.5. The molecule has 150 valence electrons. The summed E-state index contributed by atoms with van der Waals surface area (Å²) in [4.78, 5) is 9.07. The second kappa shape index (κ2) is 10.4. The van der Waals surface area contributed by atoms with Crippen molar-refractivity contribution in [3.05, 3.63) is 64.9 Å². The van der Waals surface area contributed by atoms with Crippen LogP contribution in [0.3, 0.4) is 0 Å². The Hall–Kier alpha value is -2.11. The first-order chi connectivity index (χ1) is 13.7. The third kappa shape index (κ3) is 5.69. The second-order valence-corrected chi connectivity index (χ2v) is 7.51. The Bertz CT molecular complexity index is 743. The predicted molar refractivity (Wildman–Crippen MR) is 115 cm³/mol. The fraction of sp³-hybridized carbons (Fsp3) is 0.455. The van der Waals surface area contributed by atoms with Crippen LogP contribution in [0.15, 0.2) is 53.7 Å². The van der Waals surface area contributed by atoms with E-state index in [1.807, 2.05) is 18.3 Å². The molecule has 6 heteroatoms. The first kappa shape index (κ1) is 20.6. The number of hydrogen-bond donors (Lipinski definition) is 2. The van der Waals surface area contributed by atoms with Gasteiger partial charge in [0.25, 0.3) is 0 Å². The lowest BCUT2D eigenvalue weighted by atomic mass is 9.74. The Morgan fingerprint density at radius 1 is 1.14 bits per heavy atom. The van der Waals surface area contributed by atoms with E-state index in [-0.39, 0.29) is 5.41 Å². The number of benzene rings is 1. The largest absolute Gasteiger partial charge is 0.381 e. The number of guanidine groups is 1. The van der Waals surface area contributed by atoms with Crippen LogP contribution in [0.4, 0.5) is 0 Å². The Morgan fingerprint density at radius 3 is 2.61 bits per heavy atom. The Morgan fingerprint density at radius 2 is 1.93 bits per heavy atom. The molecule has 1 aromatic carbocycles. The summed E-state index contributed by atoms with van der Waals surface area (Å²) in [7, 11) is 0. The molecule has 2 aromatic rings. The molecule has 1 aromatic heterocycles. The molecule has 5 nitrogen and oxygen atoms in total. The van der Waals surface area contributed by atoms with Crippen molar-refractivity contribution in [1.29, 1.82) is 0 Å². The van der Waals surface area contributed by atoms with Crippen LogP contribution in [-0.4, -0.2) is 43.8 Å². The van der Waals surface area contributed by atoms with Crippen molar-refractivity contribution in [2.24, 2.45) is 4.99 Å². The molecule has 0 radical (unpaired) electrons. The SMILES string of the molecule is CCNC(=NCC1(c2ccccc2)CCOCC1)NCCc1ccc(Cl)nc1. The lowest BCUT2D eigenvalue weighted by Crippen LogP contribution is -2.41. The molecule has 2 N–H and O–H groups in total. The molecule has 2 heterocycles. The predicted octanol–water partition coefficient (Wildman–Crippen LogP) is 3.58. The van der Waals surface area contributed by atoms with Crippen molar-refractivity contribution in [3.8, 4) is 0 Å². The van der Waals surface area contributed by atoms with Gasteiger partial charge in [-0.1, -0.05) is 48.0 Å². The number of nitrogens with one attached hydrogen (secondary N) is 2. The molecule has 0 unspecified atom stereocenters. The highest BCUT2D eigenvalue weighted by molar-refractivity contribution is 6.29. The van der Waals surface area contributed by atoms with Gasteiger partial charge in [0.05, 0.1) is 6.54 Å². The molecule has 1 aliphatic heterocycles. The molecular weight excluding hydrogens is 372 g/mol. The summed E-state index contributed by atoms with van der Waals surface area (Å²) in [6.45, 7) is 6.03. The normalized spacial score (nSPS) is 16.6. The van der Waals surface area contributed by atoms with Gasteiger partial charge < -0.3 is 15.4 Å². The summed E-state index contributed by atoms with van der Waals surface area (Å²) < 4.78 is 5.63. The molecule has 3 rings (SSSR count). The van der Waals surface area contributed by atoms with E-state index in [9.17, 15) is 0 Å². The zero-order valence-electron chi connectivity index (χ0n) is 16.5. The highest BCUT2D eigenvalue weighted by Crippen LogP contribution is 2.35. The maximum absolute atomic E-state index is 5.85. The molecule has 0 atom stereocenters. The Kier molecular flexibility index (Phi) is 7.69. The minimum Gasteiger partial charge on any atom is -0.381 e. The van der Waals surface area contributed by atoms with Gasteiger partial charge >= 0.3 is 0 Å². The van der Waals surface area contributed by atoms with Crippen LogP contribution in [0.1, 0.15) is 30.9 Å². The highest BCUT2D eigenvalue weighted by Gasteiger charge is 2.34. The number of rotatable bonds is 7. The molecule has 1 fully saturated rings. The van der Waals surface area contributed by atoms with Crippen molar-refractivity contribution in [2.45, 2.75) is 31.6 Å². The van der Waals surface area contributed by atoms with Gasteiger partial charge in [0, 0.05) is 37.9 Å². The Labute approximate surface area is 172 Å². The van der Waals surface area contributed by atoms with Gasteiger partial charge in [-0.15, -0.1) is 0 Å². The third-order valence-electron chi connectivity index (χ3n) is 5.21. The first-order valence-electron chi connectivity index (χ1n) is 9.98. The van der Waals surface area contributed by atoms with Gasteiger partial charge in [0.15, 0.2) is 5.96 Å². The van der Waals surface area contributed by atoms with E-state index in [1.165, 1.54) is 5.56 Å². The van der Waals surface area contributed by atoms with E-state index in [0.29, 0.717) is 5.15 Å². The van der Waals surface area contributed by atoms with Crippen LogP contribution in [-0.2, 0) is 16.6 Å². The number of pyridine rings is 1. The number of hydrogen-bond acceptors (Lipinski definition) is 3. The number of aliphatic imine (C=N–C) groups is 1. The molecule has 0 spiro atoms. The van der Waals surface area contributed by atoms with E-state index >= 15 is 0 Å². The van der Waals surface area contributed by atoms with Gasteiger partial charge in [-0.25, -0.2) is 4.98 Å². The van der Waals surface area contributed by atoms with Crippen molar-refractivity contribution < 1.29 is 4.74 Å². The van der Waals surface area contributed by atoms with E-state index in [0.717, 1.165) is 63.6 Å². The van der Waals surface area contributed by atoms with Gasteiger partial charge in [-0.3, -0.25) is 4.99 Å². The molecular formula is C22H29ClN4O. The smallest absolute Gasteiger partial charge is 0.191 e. The first-order valence-corrected chi connectivity index (χ1v) is 10.4.